The maximum Gasteiger partial charge on any atom is 0.254 e. The van der Waals surface area contributed by atoms with E-state index in [1.165, 1.54) is 6.33 Å². The molecule has 0 amide bonds. The summed E-state index contributed by atoms with van der Waals surface area (Å²) in [5.41, 5.74) is 0.940. The van der Waals surface area contributed by atoms with Gasteiger partial charge in [-0.25, -0.2) is 4.98 Å². The predicted octanol–water partition coefficient (Wildman–Crippen LogP) is 1.20. The highest BCUT2D eigenvalue weighted by Crippen LogP contribution is 2.16. The first-order valence-corrected chi connectivity index (χ1v) is 7.88. The number of aromatic nitrogens is 4. The zero-order chi connectivity index (χ0) is 15.5. The highest BCUT2D eigenvalue weighted by molar-refractivity contribution is 5.44. The van der Waals surface area contributed by atoms with Crippen LogP contribution in [0.4, 0.5) is 5.82 Å². The van der Waals surface area contributed by atoms with Gasteiger partial charge in [-0.15, -0.1) is 0 Å². The number of anilines is 1. The third kappa shape index (κ3) is 3.20. The van der Waals surface area contributed by atoms with Crippen LogP contribution in [0.3, 0.4) is 0 Å². The zero-order valence-electron chi connectivity index (χ0n) is 13.5. The molecule has 0 spiro atoms. The molecule has 0 saturated carbocycles. The van der Waals surface area contributed by atoms with Crippen LogP contribution in [-0.4, -0.2) is 63.4 Å². The van der Waals surface area contributed by atoms with Crippen LogP contribution in [-0.2, 0) is 4.74 Å². The summed E-state index contributed by atoms with van der Waals surface area (Å²) in [6, 6.07) is 2.48. The molecule has 0 aliphatic carbocycles. The van der Waals surface area contributed by atoms with E-state index in [0.717, 1.165) is 44.4 Å². The average molecular weight is 304 g/mol. The fourth-order valence-electron chi connectivity index (χ4n) is 2.96. The Labute approximate surface area is 130 Å². The molecule has 1 N–H and O–H groups in total. The molecule has 1 aliphatic heterocycles. The number of ether oxygens (including phenoxy) is 1. The van der Waals surface area contributed by atoms with Gasteiger partial charge in [-0.05, 0) is 12.8 Å². The van der Waals surface area contributed by atoms with E-state index in [-0.39, 0.29) is 0 Å². The lowest BCUT2D eigenvalue weighted by molar-refractivity contribution is 0.00952. The molecule has 1 aliphatic rings. The van der Waals surface area contributed by atoms with E-state index < -0.39 is 0 Å². The summed E-state index contributed by atoms with van der Waals surface area (Å²) in [7, 11) is 0. The molecular weight excluding hydrogens is 280 g/mol. The summed E-state index contributed by atoms with van der Waals surface area (Å²) < 4.78 is 7.22. The van der Waals surface area contributed by atoms with Gasteiger partial charge in [0, 0.05) is 37.4 Å². The van der Waals surface area contributed by atoms with Gasteiger partial charge in [0.1, 0.15) is 12.1 Å². The smallest absolute Gasteiger partial charge is 0.254 e. The van der Waals surface area contributed by atoms with Gasteiger partial charge in [0.05, 0.1) is 13.2 Å². The molecule has 1 unspecified atom stereocenters. The van der Waals surface area contributed by atoms with Gasteiger partial charge in [0.2, 0.25) is 0 Å². The Morgan fingerprint density at radius 1 is 1.32 bits per heavy atom. The number of fused-ring (bicyclic) bond motifs is 1. The van der Waals surface area contributed by atoms with Gasteiger partial charge < -0.3 is 10.1 Å². The lowest BCUT2D eigenvalue weighted by Crippen LogP contribution is -2.49. The number of nitrogens with one attached hydrogen (secondary N) is 1. The standard InChI is InChI=1S/C15H24N6O/c1-11(2)13(20-4-6-22-7-5-20)9-16-14-8-12(3)19-15-17-10-18-21(14)15/h8,10-11,13,16H,4-7,9H2,1-3H3. The van der Waals surface area contributed by atoms with Crippen LogP contribution >= 0.6 is 0 Å². The summed E-state index contributed by atoms with van der Waals surface area (Å²) in [6.07, 6.45) is 1.54. The largest absolute Gasteiger partial charge is 0.379 e. The lowest BCUT2D eigenvalue weighted by atomic mass is 10.0. The molecule has 1 atom stereocenters. The van der Waals surface area contributed by atoms with E-state index in [9.17, 15) is 0 Å². The van der Waals surface area contributed by atoms with Crippen molar-refractivity contribution >= 4 is 11.6 Å². The lowest BCUT2D eigenvalue weighted by Gasteiger charge is -2.37. The molecular formula is C15H24N6O. The van der Waals surface area contributed by atoms with Crippen molar-refractivity contribution in [2.75, 3.05) is 38.2 Å². The number of hydrogen-bond acceptors (Lipinski definition) is 6. The molecule has 1 fully saturated rings. The van der Waals surface area contributed by atoms with Crippen molar-refractivity contribution in [2.45, 2.75) is 26.8 Å². The topological polar surface area (TPSA) is 67.6 Å². The number of aryl methyl sites for hydroxylation is 1. The second kappa shape index (κ2) is 6.58. The van der Waals surface area contributed by atoms with Gasteiger partial charge in [-0.3, -0.25) is 4.90 Å². The van der Waals surface area contributed by atoms with Crippen LogP contribution in [0.25, 0.3) is 5.78 Å². The minimum Gasteiger partial charge on any atom is -0.379 e. The molecule has 22 heavy (non-hydrogen) atoms. The summed E-state index contributed by atoms with van der Waals surface area (Å²) in [6.45, 7) is 11.0. The summed E-state index contributed by atoms with van der Waals surface area (Å²) in [4.78, 5) is 11.0. The number of rotatable bonds is 5. The molecule has 0 radical (unpaired) electrons. The number of hydrogen-bond donors (Lipinski definition) is 1. The van der Waals surface area contributed by atoms with Gasteiger partial charge in [0.25, 0.3) is 5.78 Å². The highest BCUT2D eigenvalue weighted by Gasteiger charge is 2.23. The Morgan fingerprint density at radius 2 is 2.09 bits per heavy atom. The van der Waals surface area contributed by atoms with Crippen molar-refractivity contribution in [1.82, 2.24) is 24.5 Å². The second-order valence-corrected chi connectivity index (χ2v) is 6.10. The molecule has 7 nitrogen and oxygen atoms in total. The predicted molar refractivity (Wildman–Crippen MR) is 85.0 cm³/mol. The first-order chi connectivity index (χ1) is 10.6. The third-order valence-electron chi connectivity index (χ3n) is 4.16. The van der Waals surface area contributed by atoms with E-state index >= 15 is 0 Å². The van der Waals surface area contributed by atoms with Crippen molar-refractivity contribution in [3.8, 4) is 0 Å². The van der Waals surface area contributed by atoms with Gasteiger partial charge in [0.15, 0.2) is 0 Å². The number of nitrogens with zero attached hydrogens (tertiary/aromatic N) is 5. The minimum absolute atomic E-state index is 0.468. The summed E-state index contributed by atoms with van der Waals surface area (Å²) in [5, 5.41) is 7.77. The molecule has 2 aromatic heterocycles. The first-order valence-electron chi connectivity index (χ1n) is 7.88. The Kier molecular flexibility index (Phi) is 4.54. The molecule has 0 bridgehead atoms. The Balaban J connectivity index is 1.74. The first kappa shape index (κ1) is 15.2. The fourth-order valence-corrected chi connectivity index (χ4v) is 2.96. The maximum atomic E-state index is 5.46. The van der Waals surface area contributed by atoms with E-state index in [1.54, 1.807) is 4.52 Å². The molecule has 2 aromatic rings. The summed E-state index contributed by atoms with van der Waals surface area (Å²) in [5.74, 6) is 2.15. The molecule has 0 aromatic carbocycles. The van der Waals surface area contributed by atoms with Crippen LogP contribution < -0.4 is 5.32 Å². The molecule has 120 valence electrons. The van der Waals surface area contributed by atoms with Crippen LogP contribution in [0.2, 0.25) is 0 Å². The molecule has 3 heterocycles. The van der Waals surface area contributed by atoms with Crippen LogP contribution in [0, 0.1) is 12.8 Å². The van der Waals surface area contributed by atoms with Gasteiger partial charge >= 0.3 is 0 Å². The van der Waals surface area contributed by atoms with E-state index in [2.05, 4.69) is 39.1 Å². The number of morpholine rings is 1. The molecule has 7 heteroatoms. The van der Waals surface area contributed by atoms with Crippen LogP contribution in [0.15, 0.2) is 12.4 Å². The quantitative estimate of drug-likeness (QED) is 0.895. The molecule has 1 saturated heterocycles. The van der Waals surface area contributed by atoms with Crippen molar-refractivity contribution in [2.24, 2.45) is 5.92 Å². The fraction of sp³-hybridized carbons (Fsp3) is 0.667. The third-order valence-corrected chi connectivity index (χ3v) is 4.16. The van der Waals surface area contributed by atoms with E-state index in [4.69, 9.17) is 4.74 Å². The van der Waals surface area contributed by atoms with Crippen LogP contribution in [0.1, 0.15) is 19.5 Å². The Bertz CT molecular complexity index is 620. The Morgan fingerprint density at radius 3 is 2.82 bits per heavy atom. The van der Waals surface area contributed by atoms with Crippen LogP contribution in [0.5, 0.6) is 0 Å². The summed E-state index contributed by atoms with van der Waals surface area (Å²) >= 11 is 0. The van der Waals surface area contributed by atoms with Crippen molar-refractivity contribution < 1.29 is 4.74 Å². The van der Waals surface area contributed by atoms with E-state index in [1.807, 2.05) is 13.0 Å². The normalized spacial score (nSPS) is 18.0. The van der Waals surface area contributed by atoms with Crippen molar-refractivity contribution in [1.29, 1.82) is 0 Å². The van der Waals surface area contributed by atoms with Crippen molar-refractivity contribution in [3.63, 3.8) is 0 Å². The highest BCUT2D eigenvalue weighted by atomic mass is 16.5. The van der Waals surface area contributed by atoms with E-state index in [0.29, 0.717) is 17.7 Å². The zero-order valence-corrected chi connectivity index (χ0v) is 13.5. The monoisotopic (exact) mass is 304 g/mol. The average Bonchev–Trinajstić information content (AvgIpc) is 2.96. The SMILES string of the molecule is Cc1cc(NCC(C(C)C)N2CCOCC2)n2ncnc2n1. The maximum absolute atomic E-state index is 5.46. The molecule has 3 rings (SSSR count). The minimum atomic E-state index is 0.468. The Hall–Kier alpha value is -1.73. The van der Waals surface area contributed by atoms with Gasteiger partial charge in [-0.2, -0.15) is 14.6 Å². The second-order valence-electron chi connectivity index (χ2n) is 6.10. The van der Waals surface area contributed by atoms with Crippen molar-refractivity contribution in [3.05, 3.63) is 18.1 Å². The van der Waals surface area contributed by atoms with Gasteiger partial charge in [-0.1, -0.05) is 13.8 Å².